The Hall–Kier alpha value is -0.840. The Bertz CT molecular complexity index is 442. The summed E-state index contributed by atoms with van der Waals surface area (Å²) in [6.07, 6.45) is 4.09. The van der Waals surface area contributed by atoms with Crippen molar-refractivity contribution in [1.29, 1.82) is 0 Å². The number of hydrogen-bond acceptors (Lipinski definition) is 2. The van der Waals surface area contributed by atoms with Gasteiger partial charge in [0.25, 0.3) is 0 Å². The lowest BCUT2D eigenvalue weighted by Crippen LogP contribution is -3.14. The van der Waals surface area contributed by atoms with Gasteiger partial charge >= 0.3 is 0 Å². The van der Waals surface area contributed by atoms with Crippen LogP contribution in [0.15, 0.2) is 22.8 Å². The number of furan rings is 1. The van der Waals surface area contributed by atoms with Gasteiger partial charge in [-0.15, -0.1) is 0 Å². The first-order chi connectivity index (χ1) is 10.3. The summed E-state index contributed by atoms with van der Waals surface area (Å²) in [5, 5.41) is 0. The molecule has 0 spiro atoms. The summed E-state index contributed by atoms with van der Waals surface area (Å²) in [5.41, 5.74) is 0.357. The molecular weight excluding hydrogens is 276 g/mol. The Morgan fingerprint density at radius 3 is 2.55 bits per heavy atom. The predicted molar refractivity (Wildman–Crippen MR) is 88.2 cm³/mol. The Morgan fingerprint density at radius 2 is 2.00 bits per heavy atom. The Morgan fingerprint density at radius 1 is 1.23 bits per heavy atom. The summed E-state index contributed by atoms with van der Waals surface area (Å²) in [7, 11) is 4.53. The summed E-state index contributed by atoms with van der Waals surface area (Å²) in [6, 6.07) is 4.08. The van der Waals surface area contributed by atoms with Crippen LogP contribution in [-0.2, 0) is 11.3 Å². The largest absolute Gasteiger partial charge is 0.463 e. The van der Waals surface area contributed by atoms with Gasteiger partial charge < -0.3 is 19.0 Å². The first kappa shape index (κ1) is 17.5. The van der Waals surface area contributed by atoms with Crippen LogP contribution in [0.25, 0.3) is 0 Å². The van der Waals surface area contributed by atoms with Crippen LogP contribution >= 0.6 is 0 Å². The highest BCUT2D eigenvalue weighted by atomic mass is 16.5. The molecular formula is C18H34N2O2+2. The van der Waals surface area contributed by atoms with E-state index in [2.05, 4.69) is 40.9 Å². The van der Waals surface area contributed by atoms with E-state index in [0.29, 0.717) is 5.41 Å². The van der Waals surface area contributed by atoms with Crippen molar-refractivity contribution in [3.8, 4) is 0 Å². The van der Waals surface area contributed by atoms with E-state index in [1.165, 1.54) is 24.4 Å². The van der Waals surface area contributed by atoms with Crippen molar-refractivity contribution in [2.75, 3.05) is 40.3 Å². The van der Waals surface area contributed by atoms with Crippen LogP contribution in [0.4, 0.5) is 0 Å². The van der Waals surface area contributed by atoms with Crippen LogP contribution in [0, 0.1) is 5.41 Å². The zero-order chi connectivity index (χ0) is 16.2. The minimum atomic E-state index is -0.00274. The van der Waals surface area contributed by atoms with E-state index >= 15 is 0 Å². The lowest BCUT2D eigenvalue weighted by atomic mass is 9.73. The minimum absolute atomic E-state index is 0.00274. The summed E-state index contributed by atoms with van der Waals surface area (Å²) in [5.74, 6) is 1.09. The van der Waals surface area contributed by atoms with Gasteiger partial charge in [0, 0.05) is 6.61 Å². The Kier molecular flexibility index (Phi) is 5.70. The molecule has 1 fully saturated rings. The molecule has 1 unspecified atom stereocenters. The van der Waals surface area contributed by atoms with Crippen molar-refractivity contribution in [2.45, 2.75) is 45.8 Å². The molecule has 0 bridgehead atoms. The van der Waals surface area contributed by atoms with Crippen molar-refractivity contribution >= 4 is 0 Å². The van der Waals surface area contributed by atoms with E-state index in [1.807, 2.05) is 6.07 Å². The van der Waals surface area contributed by atoms with Crippen molar-refractivity contribution in [1.82, 2.24) is 0 Å². The Balaban J connectivity index is 2.10. The molecule has 1 aliphatic rings. The summed E-state index contributed by atoms with van der Waals surface area (Å²) < 4.78 is 11.5. The average molecular weight is 310 g/mol. The summed E-state index contributed by atoms with van der Waals surface area (Å²) in [6.45, 7) is 12.2. The van der Waals surface area contributed by atoms with E-state index in [4.69, 9.17) is 9.15 Å². The zero-order valence-electron chi connectivity index (χ0n) is 15.0. The molecule has 1 aromatic heterocycles. The lowest BCUT2D eigenvalue weighted by Gasteiger charge is -2.45. The highest BCUT2D eigenvalue weighted by Crippen LogP contribution is 2.37. The highest BCUT2D eigenvalue weighted by molar-refractivity contribution is 4.96. The van der Waals surface area contributed by atoms with E-state index in [1.54, 1.807) is 11.2 Å². The third-order valence-corrected chi connectivity index (χ3v) is 4.78. The third kappa shape index (κ3) is 4.83. The number of hydrogen-bond donors (Lipinski definition) is 2. The average Bonchev–Trinajstić information content (AvgIpc) is 2.88. The van der Waals surface area contributed by atoms with Gasteiger partial charge in [-0.1, -0.05) is 0 Å². The molecule has 0 radical (unpaired) electrons. The van der Waals surface area contributed by atoms with Gasteiger partial charge in [-0.25, -0.2) is 0 Å². The zero-order valence-corrected chi connectivity index (χ0v) is 15.0. The van der Waals surface area contributed by atoms with Crippen LogP contribution in [0.1, 0.15) is 39.4 Å². The maximum atomic E-state index is 5.99. The van der Waals surface area contributed by atoms with Crippen molar-refractivity contribution in [2.24, 2.45) is 5.41 Å². The van der Waals surface area contributed by atoms with Gasteiger partial charge in [0.15, 0.2) is 5.76 Å². The number of rotatable bonds is 7. The second kappa shape index (κ2) is 7.16. The molecule has 2 rings (SSSR count). The molecule has 0 aromatic carbocycles. The molecule has 0 aliphatic carbocycles. The van der Waals surface area contributed by atoms with Gasteiger partial charge in [-0.2, -0.15) is 0 Å². The van der Waals surface area contributed by atoms with E-state index in [0.717, 1.165) is 31.9 Å². The number of nitrogens with one attached hydrogen (secondary N) is 2. The van der Waals surface area contributed by atoms with Gasteiger partial charge in [0.05, 0.1) is 51.0 Å². The van der Waals surface area contributed by atoms with Crippen LogP contribution in [0.2, 0.25) is 0 Å². The Labute approximate surface area is 135 Å². The SMILES string of the molecule is CC[NH+](Cc1ccco1)C[C@@]1(C[NH+](C)C)CCOC(C)(C)C1. The fraction of sp³-hybridized carbons (Fsp3) is 0.778. The van der Waals surface area contributed by atoms with Crippen LogP contribution in [0.3, 0.4) is 0 Å². The topological polar surface area (TPSA) is 31.3 Å². The first-order valence-corrected chi connectivity index (χ1v) is 8.63. The van der Waals surface area contributed by atoms with Gasteiger partial charge in [-0.3, -0.25) is 0 Å². The lowest BCUT2D eigenvalue weighted by molar-refractivity contribution is -0.930. The minimum Gasteiger partial charge on any atom is -0.463 e. The quantitative estimate of drug-likeness (QED) is 0.764. The van der Waals surface area contributed by atoms with E-state index in [9.17, 15) is 0 Å². The monoisotopic (exact) mass is 310 g/mol. The molecule has 1 aromatic rings. The van der Waals surface area contributed by atoms with Crippen molar-refractivity contribution < 1.29 is 19.0 Å². The second-order valence-corrected chi connectivity index (χ2v) is 7.96. The molecule has 2 heterocycles. The van der Waals surface area contributed by atoms with Gasteiger partial charge in [-0.05, 0) is 45.7 Å². The van der Waals surface area contributed by atoms with E-state index in [-0.39, 0.29) is 5.60 Å². The smallest absolute Gasteiger partial charge is 0.157 e. The third-order valence-electron chi connectivity index (χ3n) is 4.78. The molecule has 2 N–H and O–H groups in total. The number of quaternary nitrogens is 2. The summed E-state index contributed by atoms with van der Waals surface area (Å²) >= 11 is 0. The molecule has 2 atom stereocenters. The highest BCUT2D eigenvalue weighted by Gasteiger charge is 2.45. The molecule has 4 nitrogen and oxygen atoms in total. The summed E-state index contributed by atoms with van der Waals surface area (Å²) in [4.78, 5) is 3.14. The molecule has 0 amide bonds. The van der Waals surface area contributed by atoms with Crippen LogP contribution < -0.4 is 9.80 Å². The normalized spacial score (nSPS) is 26.3. The molecule has 1 saturated heterocycles. The fourth-order valence-corrected chi connectivity index (χ4v) is 4.20. The molecule has 22 heavy (non-hydrogen) atoms. The maximum absolute atomic E-state index is 5.99. The molecule has 126 valence electrons. The predicted octanol–water partition coefficient (Wildman–Crippen LogP) is 0.404. The van der Waals surface area contributed by atoms with E-state index < -0.39 is 0 Å². The van der Waals surface area contributed by atoms with Crippen molar-refractivity contribution in [3.05, 3.63) is 24.2 Å². The van der Waals surface area contributed by atoms with Gasteiger partial charge in [0.1, 0.15) is 6.54 Å². The first-order valence-electron chi connectivity index (χ1n) is 8.63. The molecule has 0 saturated carbocycles. The van der Waals surface area contributed by atoms with Gasteiger partial charge in [0.2, 0.25) is 0 Å². The van der Waals surface area contributed by atoms with Crippen LogP contribution in [-0.4, -0.2) is 45.9 Å². The van der Waals surface area contributed by atoms with Crippen molar-refractivity contribution in [3.63, 3.8) is 0 Å². The fourth-order valence-electron chi connectivity index (χ4n) is 4.20. The molecule has 4 heteroatoms. The standard InChI is InChI=1S/C18H32N2O2/c1-6-20(12-16-8-7-10-21-16)15-18(14-19(4)5)9-11-22-17(2,3)13-18/h7-8,10H,6,9,11-15H2,1-5H3/p+2/t18-/m0/s1. The maximum Gasteiger partial charge on any atom is 0.157 e. The van der Waals surface area contributed by atoms with Crippen LogP contribution in [0.5, 0.6) is 0 Å². The number of ether oxygens (including phenoxy) is 1. The molecule has 1 aliphatic heterocycles. The second-order valence-electron chi connectivity index (χ2n) is 7.96.